The molecular formula is C23H31NO5. The smallest absolute Gasteiger partial charge is 0.303 e. The average Bonchev–Trinajstić information content (AvgIpc) is 3.06. The van der Waals surface area contributed by atoms with Crippen LogP contribution in [0.4, 0.5) is 0 Å². The van der Waals surface area contributed by atoms with Gasteiger partial charge in [0, 0.05) is 29.4 Å². The molecule has 1 aromatic carbocycles. The van der Waals surface area contributed by atoms with E-state index in [1.54, 1.807) is 7.11 Å². The lowest BCUT2D eigenvalue weighted by molar-refractivity contribution is -0.137. The van der Waals surface area contributed by atoms with Crippen molar-refractivity contribution >= 4 is 5.97 Å². The number of hydrogen-bond acceptors (Lipinski definition) is 5. The third-order valence-corrected chi connectivity index (χ3v) is 7.10. The van der Waals surface area contributed by atoms with Gasteiger partial charge in [-0.05, 0) is 44.5 Å². The number of unbranched alkanes of at least 4 members (excludes halogenated alkanes) is 1. The molecule has 0 radical (unpaired) electrons. The Bertz CT molecular complexity index is 822. The minimum atomic E-state index is -0.693. The first kappa shape index (κ1) is 20.2. The third kappa shape index (κ3) is 3.04. The van der Waals surface area contributed by atoms with Crippen LogP contribution < -0.4 is 9.47 Å². The Balaban J connectivity index is 0.000000255. The number of hydrogen-bond donors (Lipinski definition) is 2. The summed E-state index contributed by atoms with van der Waals surface area (Å²) in [6, 6.07) is 4.70. The van der Waals surface area contributed by atoms with Crippen molar-refractivity contribution in [3.63, 3.8) is 0 Å². The van der Waals surface area contributed by atoms with Gasteiger partial charge in [-0.1, -0.05) is 31.6 Å². The van der Waals surface area contributed by atoms with Crippen LogP contribution in [0.1, 0.15) is 43.7 Å². The van der Waals surface area contributed by atoms with E-state index >= 15 is 0 Å². The number of benzene rings is 1. The summed E-state index contributed by atoms with van der Waals surface area (Å²) in [5, 5.41) is 18.6. The van der Waals surface area contributed by atoms with Crippen molar-refractivity contribution in [2.24, 2.45) is 5.92 Å². The fraction of sp³-hybridized carbons (Fsp3) is 0.609. The number of likely N-dealkylation sites (tertiary alicyclic amines) is 1. The molecule has 1 aromatic rings. The Kier molecular flexibility index (Phi) is 5.34. The van der Waals surface area contributed by atoms with E-state index in [1.807, 2.05) is 19.1 Å². The Morgan fingerprint density at radius 3 is 2.83 bits per heavy atom. The van der Waals surface area contributed by atoms with Crippen LogP contribution in [0.3, 0.4) is 0 Å². The molecule has 29 heavy (non-hydrogen) atoms. The Hall–Kier alpha value is -2.05. The topological polar surface area (TPSA) is 79.2 Å². The second kappa shape index (κ2) is 7.65. The van der Waals surface area contributed by atoms with E-state index in [0.717, 1.165) is 43.7 Å². The maximum absolute atomic E-state index is 10.6. The number of rotatable bonds is 4. The number of ether oxygens (including phenoxy) is 2. The van der Waals surface area contributed by atoms with Crippen LogP contribution in [0.15, 0.2) is 24.3 Å². The van der Waals surface area contributed by atoms with Gasteiger partial charge in [-0.25, -0.2) is 0 Å². The Labute approximate surface area is 172 Å². The minimum Gasteiger partial charge on any atom is -0.493 e. The van der Waals surface area contributed by atoms with Crippen molar-refractivity contribution in [3.8, 4) is 11.5 Å². The summed E-state index contributed by atoms with van der Waals surface area (Å²) in [4.78, 5) is 12.2. The molecule has 2 aliphatic carbocycles. The van der Waals surface area contributed by atoms with Crippen LogP contribution in [-0.4, -0.2) is 60.0 Å². The zero-order chi connectivity index (χ0) is 20.8. The van der Waals surface area contributed by atoms with Crippen molar-refractivity contribution in [3.05, 3.63) is 35.4 Å². The number of likely N-dealkylation sites (N-methyl/N-ethyl adjacent to an activating group) is 1. The minimum absolute atomic E-state index is 0.0806. The van der Waals surface area contributed by atoms with Gasteiger partial charge in [0.1, 0.15) is 12.2 Å². The molecule has 0 aromatic heterocycles. The second-order valence-corrected chi connectivity index (χ2v) is 8.61. The molecular weight excluding hydrogens is 370 g/mol. The maximum atomic E-state index is 10.6. The summed E-state index contributed by atoms with van der Waals surface area (Å²) in [7, 11) is 3.91. The number of methoxy groups -OCH3 is 1. The van der Waals surface area contributed by atoms with Gasteiger partial charge in [-0.15, -0.1) is 0 Å². The molecule has 5 rings (SSSR count). The normalized spacial score (nSPS) is 33.2. The predicted molar refractivity (Wildman–Crippen MR) is 110 cm³/mol. The molecule has 1 fully saturated rings. The molecule has 1 spiro atoms. The Morgan fingerprint density at radius 1 is 1.38 bits per heavy atom. The van der Waals surface area contributed by atoms with Gasteiger partial charge < -0.3 is 24.6 Å². The molecule has 6 heteroatoms. The summed E-state index contributed by atoms with van der Waals surface area (Å²) in [6.07, 6.45) is 7.62. The van der Waals surface area contributed by atoms with Crippen LogP contribution >= 0.6 is 0 Å². The molecule has 5 atom stereocenters. The van der Waals surface area contributed by atoms with E-state index in [2.05, 4.69) is 24.1 Å². The van der Waals surface area contributed by atoms with Gasteiger partial charge >= 0.3 is 5.97 Å². The molecule has 0 unspecified atom stereocenters. The van der Waals surface area contributed by atoms with Gasteiger partial charge in [0.05, 0.1) is 7.11 Å². The van der Waals surface area contributed by atoms with Gasteiger partial charge in [0.25, 0.3) is 0 Å². The van der Waals surface area contributed by atoms with E-state index in [4.69, 9.17) is 14.6 Å². The van der Waals surface area contributed by atoms with Crippen molar-refractivity contribution in [1.82, 2.24) is 4.90 Å². The molecule has 4 aliphatic rings. The van der Waals surface area contributed by atoms with E-state index in [0.29, 0.717) is 18.4 Å². The maximum Gasteiger partial charge on any atom is 0.303 e. The molecule has 0 amide bonds. The molecule has 158 valence electrons. The van der Waals surface area contributed by atoms with Gasteiger partial charge in [-0.3, -0.25) is 4.79 Å². The molecule has 2 bridgehead atoms. The summed E-state index contributed by atoms with van der Waals surface area (Å²) in [6.45, 7) is 3.03. The summed E-state index contributed by atoms with van der Waals surface area (Å²) in [5.41, 5.74) is 2.60. The first-order valence-corrected chi connectivity index (χ1v) is 10.6. The molecule has 6 nitrogen and oxygen atoms in total. The predicted octanol–water partition coefficient (Wildman–Crippen LogP) is 2.76. The number of aliphatic carboxylic acids is 1. The summed E-state index contributed by atoms with van der Waals surface area (Å²) < 4.78 is 11.8. The number of piperidine rings is 1. The number of carboxylic acid groups (broad SMARTS) is 1. The second-order valence-electron chi connectivity index (χ2n) is 8.61. The highest BCUT2D eigenvalue weighted by atomic mass is 16.5. The Morgan fingerprint density at radius 2 is 2.17 bits per heavy atom. The monoisotopic (exact) mass is 401 g/mol. The number of carboxylic acids is 1. The molecule has 1 saturated heterocycles. The van der Waals surface area contributed by atoms with Crippen LogP contribution in [0.5, 0.6) is 11.5 Å². The highest BCUT2D eigenvalue weighted by molar-refractivity contribution is 5.66. The third-order valence-electron chi connectivity index (χ3n) is 7.10. The van der Waals surface area contributed by atoms with Gasteiger partial charge in [-0.2, -0.15) is 0 Å². The highest BCUT2D eigenvalue weighted by Gasteiger charge is 2.64. The zero-order valence-electron chi connectivity index (χ0n) is 17.4. The van der Waals surface area contributed by atoms with Crippen molar-refractivity contribution < 1.29 is 24.5 Å². The lowest BCUT2D eigenvalue weighted by Crippen LogP contribution is -2.64. The number of nitrogens with zero attached hydrogens (tertiary/aromatic N) is 1. The fourth-order valence-corrected chi connectivity index (χ4v) is 5.72. The average molecular weight is 402 g/mol. The zero-order valence-corrected chi connectivity index (χ0v) is 17.4. The standard InChI is InChI=1S/C18H21NO3.C5H10O2/c1-19-8-7-18-11-4-5-13(20)17(18)22-16-14(21-2)6-3-10(15(16)18)9-12(11)19;1-2-3-4-5(6)7/h3-6,11-13,17,20H,7-9H2,1-2H3;2-4H2,1H3,(H,6,7)/t11-,12+,13-,17-,18-;/m0./s1. The van der Waals surface area contributed by atoms with Crippen molar-refractivity contribution in [2.75, 3.05) is 20.7 Å². The lowest BCUT2D eigenvalue weighted by atomic mass is 9.53. The SMILES string of the molecule is CCCCC(=O)O.COc1ccc2c3c1O[C@H]1[C@@H](O)C=C[C@H]4[C@@H](C2)N(C)CC[C@@]341. The summed E-state index contributed by atoms with van der Waals surface area (Å²) in [5.74, 6) is 1.40. The summed E-state index contributed by atoms with van der Waals surface area (Å²) >= 11 is 0. The number of aliphatic hydroxyl groups excluding tert-OH is 1. The fourth-order valence-electron chi connectivity index (χ4n) is 5.72. The number of carbonyl (C=O) groups is 1. The van der Waals surface area contributed by atoms with E-state index in [9.17, 15) is 9.90 Å². The highest BCUT2D eigenvalue weighted by Crippen LogP contribution is 2.62. The van der Waals surface area contributed by atoms with Gasteiger partial charge in [0.2, 0.25) is 0 Å². The quantitative estimate of drug-likeness (QED) is 0.756. The molecule has 2 N–H and O–H groups in total. The van der Waals surface area contributed by atoms with E-state index < -0.39 is 12.1 Å². The van der Waals surface area contributed by atoms with Crippen LogP contribution in [-0.2, 0) is 16.6 Å². The first-order valence-electron chi connectivity index (χ1n) is 10.6. The molecule has 2 heterocycles. The molecule has 2 aliphatic heterocycles. The van der Waals surface area contributed by atoms with Crippen molar-refractivity contribution in [1.29, 1.82) is 0 Å². The van der Waals surface area contributed by atoms with Gasteiger partial charge in [0.15, 0.2) is 11.5 Å². The van der Waals surface area contributed by atoms with Crippen molar-refractivity contribution in [2.45, 2.75) is 62.7 Å². The van der Waals surface area contributed by atoms with Crippen LogP contribution in [0.2, 0.25) is 0 Å². The van der Waals surface area contributed by atoms with Crippen LogP contribution in [0, 0.1) is 5.92 Å². The lowest BCUT2D eigenvalue weighted by Gasteiger charge is -2.56. The molecule has 0 saturated carbocycles. The first-order chi connectivity index (χ1) is 13.9. The van der Waals surface area contributed by atoms with E-state index in [1.165, 1.54) is 11.1 Å². The number of aliphatic hydroxyl groups is 1. The van der Waals surface area contributed by atoms with Crippen LogP contribution in [0.25, 0.3) is 0 Å². The largest absolute Gasteiger partial charge is 0.493 e. The van der Waals surface area contributed by atoms with E-state index in [-0.39, 0.29) is 11.5 Å².